The van der Waals surface area contributed by atoms with Gasteiger partial charge in [0.25, 0.3) is 0 Å². The van der Waals surface area contributed by atoms with Crippen molar-refractivity contribution in [3.05, 3.63) is 34.9 Å². The van der Waals surface area contributed by atoms with Gasteiger partial charge in [-0.3, -0.25) is 0 Å². The Kier molecular flexibility index (Phi) is 6.44. The minimum atomic E-state index is -0.114. The van der Waals surface area contributed by atoms with Gasteiger partial charge in [-0.15, -0.1) is 12.4 Å². The zero-order chi connectivity index (χ0) is 12.1. The Labute approximate surface area is 120 Å². The lowest BCUT2D eigenvalue weighted by Crippen LogP contribution is -2.42. The first kappa shape index (κ1) is 15.8. The van der Waals surface area contributed by atoms with E-state index in [-0.39, 0.29) is 18.0 Å². The zero-order valence-electron chi connectivity index (χ0n) is 10.5. The van der Waals surface area contributed by atoms with Gasteiger partial charge in [0.05, 0.1) is 12.2 Å². The fourth-order valence-corrected chi connectivity index (χ4v) is 2.64. The molecule has 1 aromatic carbocycles. The highest BCUT2D eigenvalue weighted by Crippen LogP contribution is 2.32. The molecule has 1 aliphatic carbocycles. The maximum Gasteiger partial charge on any atom is 0.0808 e. The molecular weight excluding hydrogens is 269 g/mol. The van der Waals surface area contributed by atoms with E-state index in [0.717, 1.165) is 23.4 Å². The number of nitrogens with two attached hydrogens (primary N) is 1. The van der Waals surface area contributed by atoms with Crippen molar-refractivity contribution in [2.75, 3.05) is 6.54 Å². The first-order valence-corrected chi connectivity index (χ1v) is 6.71. The molecule has 0 atom stereocenters. The van der Waals surface area contributed by atoms with Crippen LogP contribution in [0, 0.1) is 0 Å². The van der Waals surface area contributed by atoms with Gasteiger partial charge in [0.2, 0.25) is 0 Å². The molecule has 0 radical (unpaired) electrons. The molecule has 0 heterocycles. The van der Waals surface area contributed by atoms with Gasteiger partial charge >= 0.3 is 0 Å². The van der Waals surface area contributed by atoms with Crippen LogP contribution < -0.4 is 5.73 Å². The summed E-state index contributed by atoms with van der Waals surface area (Å²) in [6.45, 7) is 1.17. The van der Waals surface area contributed by atoms with Gasteiger partial charge in [-0.1, -0.05) is 49.1 Å². The molecule has 0 unspecified atom stereocenters. The SMILES string of the molecule is Cl.NCC1(OCc2ccccc2Cl)CCCCC1. The van der Waals surface area contributed by atoms with Crippen LogP contribution in [0.4, 0.5) is 0 Å². The van der Waals surface area contributed by atoms with E-state index in [1.165, 1.54) is 19.3 Å². The molecule has 0 aliphatic heterocycles. The van der Waals surface area contributed by atoms with Crippen molar-refractivity contribution in [1.29, 1.82) is 0 Å². The lowest BCUT2D eigenvalue weighted by atomic mass is 9.84. The highest BCUT2D eigenvalue weighted by Gasteiger charge is 2.31. The van der Waals surface area contributed by atoms with Crippen LogP contribution in [0.3, 0.4) is 0 Å². The first-order chi connectivity index (χ1) is 8.26. The number of hydrogen-bond acceptors (Lipinski definition) is 2. The van der Waals surface area contributed by atoms with Crippen LogP contribution in [0.15, 0.2) is 24.3 Å². The first-order valence-electron chi connectivity index (χ1n) is 6.33. The highest BCUT2D eigenvalue weighted by atomic mass is 35.5. The topological polar surface area (TPSA) is 35.2 Å². The van der Waals surface area contributed by atoms with E-state index in [4.69, 9.17) is 22.1 Å². The number of benzene rings is 1. The molecule has 2 rings (SSSR count). The second-order valence-corrected chi connectivity index (χ2v) is 5.24. The molecule has 0 aromatic heterocycles. The van der Waals surface area contributed by atoms with Gasteiger partial charge in [-0.2, -0.15) is 0 Å². The van der Waals surface area contributed by atoms with Gasteiger partial charge in [0.1, 0.15) is 0 Å². The van der Waals surface area contributed by atoms with Gasteiger partial charge in [0, 0.05) is 11.6 Å². The van der Waals surface area contributed by atoms with E-state index >= 15 is 0 Å². The monoisotopic (exact) mass is 289 g/mol. The summed E-state index contributed by atoms with van der Waals surface area (Å²) >= 11 is 6.12. The average Bonchev–Trinajstić information content (AvgIpc) is 2.39. The minimum Gasteiger partial charge on any atom is -0.369 e. The second-order valence-electron chi connectivity index (χ2n) is 4.83. The maximum absolute atomic E-state index is 6.12. The quantitative estimate of drug-likeness (QED) is 0.911. The van der Waals surface area contributed by atoms with Crippen LogP contribution >= 0.6 is 24.0 Å². The molecule has 1 aliphatic rings. The molecule has 102 valence electrons. The number of hydrogen-bond donors (Lipinski definition) is 1. The lowest BCUT2D eigenvalue weighted by Gasteiger charge is -2.36. The van der Waals surface area contributed by atoms with E-state index in [1.54, 1.807) is 0 Å². The zero-order valence-corrected chi connectivity index (χ0v) is 12.1. The molecule has 4 heteroatoms. The lowest BCUT2D eigenvalue weighted by molar-refractivity contribution is -0.0733. The van der Waals surface area contributed by atoms with Crippen molar-refractivity contribution in [3.63, 3.8) is 0 Å². The molecule has 0 amide bonds. The Morgan fingerprint density at radius 2 is 1.83 bits per heavy atom. The van der Waals surface area contributed by atoms with Crippen molar-refractivity contribution in [2.24, 2.45) is 5.73 Å². The summed E-state index contributed by atoms with van der Waals surface area (Å²) in [5, 5.41) is 0.774. The third kappa shape index (κ3) is 3.86. The summed E-state index contributed by atoms with van der Waals surface area (Å²) in [5.74, 6) is 0. The Balaban J connectivity index is 0.00000162. The summed E-state index contributed by atoms with van der Waals surface area (Å²) in [7, 11) is 0. The largest absolute Gasteiger partial charge is 0.369 e. The fourth-order valence-electron chi connectivity index (χ4n) is 2.45. The predicted molar refractivity (Wildman–Crippen MR) is 78.4 cm³/mol. The van der Waals surface area contributed by atoms with E-state index in [0.29, 0.717) is 13.2 Å². The molecular formula is C14H21Cl2NO. The molecule has 0 bridgehead atoms. The van der Waals surface area contributed by atoms with Crippen molar-refractivity contribution in [3.8, 4) is 0 Å². The summed E-state index contributed by atoms with van der Waals surface area (Å²) in [5.41, 5.74) is 6.82. The van der Waals surface area contributed by atoms with E-state index in [9.17, 15) is 0 Å². The number of halogens is 2. The molecule has 0 saturated heterocycles. The van der Waals surface area contributed by atoms with E-state index < -0.39 is 0 Å². The van der Waals surface area contributed by atoms with Crippen LogP contribution in [-0.4, -0.2) is 12.1 Å². The Bertz CT molecular complexity index is 365. The van der Waals surface area contributed by atoms with Crippen molar-refractivity contribution < 1.29 is 4.74 Å². The molecule has 2 nitrogen and oxygen atoms in total. The van der Waals surface area contributed by atoms with Crippen LogP contribution in [0.25, 0.3) is 0 Å². The molecule has 18 heavy (non-hydrogen) atoms. The third-order valence-electron chi connectivity index (χ3n) is 3.63. The second kappa shape index (κ2) is 7.34. The molecule has 2 N–H and O–H groups in total. The number of ether oxygens (including phenoxy) is 1. The van der Waals surface area contributed by atoms with E-state index in [1.807, 2.05) is 24.3 Å². The van der Waals surface area contributed by atoms with Crippen molar-refractivity contribution in [1.82, 2.24) is 0 Å². The van der Waals surface area contributed by atoms with Gasteiger partial charge < -0.3 is 10.5 Å². The summed E-state index contributed by atoms with van der Waals surface area (Å²) < 4.78 is 6.08. The van der Waals surface area contributed by atoms with Gasteiger partial charge in [-0.25, -0.2) is 0 Å². The Hall–Kier alpha value is -0.280. The summed E-state index contributed by atoms with van der Waals surface area (Å²) in [4.78, 5) is 0. The summed E-state index contributed by atoms with van der Waals surface area (Å²) in [6, 6.07) is 7.83. The minimum absolute atomic E-state index is 0. The number of rotatable bonds is 4. The van der Waals surface area contributed by atoms with Crippen LogP contribution in [0.5, 0.6) is 0 Å². The fraction of sp³-hybridized carbons (Fsp3) is 0.571. The van der Waals surface area contributed by atoms with Gasteiger partial charge in [-0.05, 0) is 24.5 Å². The maximum atomic E-state index is 6.12. The van der Waals surface area contributed by atoms with Gasteiger partial charge in [0.15, 0.2) is 0 Å². The average molecular weight is 290 g/mol. The van der Waals surface area contributed by atoms with Crippen molar-refractivity contribution >= 4 is 24.0 Å². The normalized spacial score (nSPS) is 18.1. The van der Waals surface area contributed by atoms with Crippen LogP contribution in [-0.2, 0) is 11.3 Å². The van der Waals surface area contributed by atoms with Crippen LogP contribution in [0.2, 0.25) is 5.02 Å². The predicted octanol–water partition coefficient (Wildman–Crippen LogP) is 3.94. The molecule has 0 spiro atoms. The smallest absolute Gasteiger partial charge is 0.0808 e. The summed E-state index contributed by atoms with van der Waals surface area (Å²) in [6.07, 6.45) is 5.90. The highest BCUT2D eigenvalue weighted by molar-refractivity contribution is 6.31. The van der Waals surface area contributed by atoms with Crippen molar-refractivity contribution in [2.45, 2.75) is 44.3 Å². The standard InChI is InChI=1S/C14H20ClNO.ClH/c15-13-7-3-2-6-12(13)10-17-14(11-16)8-4-1-5-9-14;/h2-3,6-7H,1,4-5,8-11,16H2;1H. The molecule has 1 aromatic rings. The van der Waals surface area contributed by atoms with E-state index in [2.05, 4.69) is 0 Å². The Morgan fingerprint density at radius 1 is 1.17 bits per heavy atom. The van der Waals surface area contributed by atoms with Crippen LogP contribution in [0.1, 0.15) is 37.7 Å². The Morgan fingerprint density at radius 3 is 2.44 bits per heavy atom. The third-order valence-corrected chi connectivity index (χ3v) is 4.00. The molecule has 1 fully saturated rings. The molecule has 1 saturated carbocycles.